The zero-order valence-electron chi connectivity index (χ0n) is 11.3. The van der Waals surface area contributed by atoms with Crippen molar-refractivity contribution in [1.82, 2.24) is 29.9 Å². The van der Waals surface area contributed by atoms with E-state index in [0.29, 0.717) is 12.4 Å². The van der Waals surface area contributed by atoms with Crippen LogP contribution in [0.3, 0.4) is 0 Å². The molecule has 0 fully saturated rings. The summed E-state index contributed by atoms with van der Waals surface area (Å²) >= 11 is 0. The van der Waals surface area contributed by atoms with Gasteiger partial charge in [0.05, 0.1) is 12.2 Å². The van der Waals surface area contributed by atoms with E-state index in [-0.39, 0.29) is 11.8 Å². The summed E-state index contributed by atoms with van der Waals surface area (Å²) in [6.07, 6.45) is 4.89. The number of sulfone groups is 1. The Morgan fingerprint density at radius 1 is 1.45 bits per heavy atom. The van der Waals surface area contributed by atoms with E-state index in [1.807, 2.05) is 17.8 Å². The van der Waals surface area contributed by atoms with Crippen LogP contribution in [0, 0.1) is 0 Å². The Balaban J connectivity index is 1.98. The number of fused-ring (bicyclic) bond motifs is 1. The summed E-state index contributed by atoms with van der Waals surface area (Å²) in [5.74, 6) is 1.15. The van der Waals surface area contributed by atoms with Crippen LogP contribution in [0.15, 0.2) is 12.4 Å². The van der Waals surface area contributed by atoms with Crippen LogP contribution in [0.4, 0.5) is 0 Å². The predicted molar refractivity (Wildman–Crippen MR) is 71.6 cm³/mol. The first-order valence-electron chi connectivity index (χ1n) is 6.26. The summed E-state index contributed by atoms with van der Waals surface area (Å²) in [6.45, 7) is 1.41. The normalized spacial score (nSPS) is 19.0. The minimum Gasteiger partial charge on any atom is -0.311 e. The fraction of sp³-hybridized carbons (Fsp3) is 0.545. The molecule has 1 aliphatic heterocycles. The molecular formula is C11H16N6O2S. The van der Waals surface area contributed by atoms with Crippen LogP contribution in [0.2, 0.25) is 0 Å². The van der Waals surface area contributed by atoms with E-state index < -0.39 is 9.84 Å². The molecule has 1 atom stereocenters. The monoisotopic (exact) mass is 296 g/mol. The second-order valence-electron chi connectivity index (χ2n) is 5.03. The van der Waals surface area contributed by atoms with Crippen molar-refractivity contribution in [2.45, 2.75) is 18.3 Å². The fourth-order valence-corrected chi connectivity index (χ4v) is 3.10. The van der Waals surface area contributed by atoms with Gasteiger partial charge in [-0.15, -0.1) is 10.2 Å². The minimum atomic E-state index is -3.12. The minimum absolute atomic E-state index is 0.0836. The van der Waals surface area contributed by atoms with Gasteiger partial charge in [-0.25, -0.2) is 8.42 Å². The lowest BCUT2D eigenvalue weighted by molar-refractivity contribution is 0.449. The van der Waals surface area contributed by atoms with Gasteiger partial charge < -0.3 is 9.88 Å². The number of aryl methyl sites for hydroxylation is 1. The molecule has 8 nitrogen and oxygen atoms in total. The zero-order chi connectivity index (χ0) is 14.3. The van der Waals surface area contributed by atoms with Gasteiger partial charge in [-0.3, -0.25) is 4.68 Å². The summed E-state index contributed by atoms with van der Waals surface area (Å²) in [7, 11) is -1.27. The largest absolute Gasteiger partial charge is 0.311 e. The van der Waals surface area contributed by atoms with Crippen molar-refractivity contribution in [3.05, 3.63) is 29.6 Å². The highest BCUT2D eigenvalue weighted by atomic mass is 32.2. The number of hydrogen-bond donors (Lipinski definition) is 1. The lowest BCUT2D eigenvalue weighted by Gasteiger charge is -2.24. The van der Waals surface area contributed by atoms with E-state index >= 15 is 0 Å². The number of hydrogen-bond acceptors (Lipinski definition) is 6. The van der Waals surface area contributed by atoms with Crippen molar-refractivity contribution in [3.8, 4) is 0 Å². The number of nitrogens with one attached hydrogen (secondary N) is 1. The molecule has 3 heterocycles. The molecule has 0 amide bonds. The molecule has 0 saturated carbocycles. The van der Waals surface area contributed by atoms with Crippen molar-refractivity contribution in [2.24, 2.45) is 7.05 Å². The van der Waals surface area contributed by atoms with Gasteiger partial charge in [-0.05, 0) is 0 Å². The third-order valence-corrected chi connectivity index (χ3v) is 4.03. The van der Waals surface area contributed by atoms with Crippen LogP contribution < -0.4 is 5.32 Å². The van der Waals surface area contributed by atoms with Gasteiger partial charge in [-0.2, -0.15) is 5.10 Å². The third-order valence-electron chi connectivity index (χ3n) is 3.25. The molecule has 20 heavy (non-hydrogen) atoms. The molecule has 1 unspecified atom stereocenters. The van der Waals surface area contributed by atoms with Crippen LogP contribution in [0.5, 0.6) is 0 Å². The summed E-state index contributed by atoms with van der Waals surface area (Å²) in [5, 5.41) is 15.7. The van der Waals surface area contributed by atoms with Gasteiger partial charge in [0.1, 0.15) is 11.6 Å². The molecular weight excluding hydrogens is 280 g/mol. The van der Waals surface area contributed by atoms with Crippen LogP contribution in [0.25, 0.3) is 0 Å². The van der Waals surface area contributed by atoms with Crippen LogP contribution in [-0.4, -0.2) is 45.8 Å². The molecule has 1 aliphatic rings. The number of aromatic nitrogens is 5. The smallest absolute Gasteiger partial charge is 0.155 e. The van der Waals surface area contributed by atoms with Gasteiger partial charge in [0, 0.05) is 38.2 Å². The fourth-order valence-electron chi connectivity index (χ4n) is 2.42. The molecule has 108 valence electrons. The quantitative estimate of drug-likeness (QED) is 0.801. The standard InChI is InChI=1S/C11H16N6O2S/c1-16-6-8(5-13-16)10-11-15-14-9(7-20(2,18)19)17(11)4-3-12-10/h5-6,10,12H,3-4,7H2,1-2H3. The van der Waals surface area contributed by atoms with E-state index in [4.69, 9.17) is 0 Å². The average Bonchev–Trinajstić information content (AvgIpc) is 2.95. The average molecular weight is 296 g/mol. The Labute approximate surface area is 116 Å². The Kier molecular flexibility index (Phi) is 3.09. The van der Waals surface area contributed by atoms with Gasteiger partial charge in [0.2, 0.25) is 0 Å². The van der Waals surface area contributed by atoms with Gasteiger partial charge in [0.15, 0.2) is 15.7 Å². The Bertz CT molecular complexity index is 732. The summed E-state index contributed by atoms with van der Waals surface area (Å²) < 4.78 is 26.5. The molecule has 0 aromatic carbocycles. The topological polar surface area (TPSA) is 94.7 Å². The maximum Gasteiger partial charge on any atom is 0.155 e. The number of rotatable bonds is 3. The zero-order valence-corrected chi connectivity index (χ0v) is 12.1. The first-order chi connectivity index (χ1) is 9.44. The lowest BCUT2D eigenvalue weighted by Crippen LogP contribution is -2.35. The third kappa shape index (κ3) is 2.46. The summed E-state index contributed by atoms with van der Waals surface area (Å²) in [5.41, 5.74) is 0.992. The van der Waals surface area contributed by atoms with Crippen LogP contribution in [-0.2, 0) is 29.2 Å². The highest BCUT2D eigenvalue weighted by molar-refractivity contribution is 7.89. The molecule has 0 saturated heterocycles. The lowest BCUT2D eigenvalue weighted by atomic mass is 10.1. The number of nitrogens with zero attached hydrogens (tertiary/aromatic N) is 5. The van der Waals surface area contributed by atoms with Gasteiger partial charge in [0.25, 0.3) is 0 Å². The predicted octanol–water partition coefficient (Wildman–Crippen LogP) is -0.751. The Morgan fingerprint density at radius 2 is 2.25 bits per heavy atom. The van der Waals surface area contributed by atoms with Crippen LogP contribution >= 0.6 is 0 Å². The first kappa shape index (κ1) is 13.3. The summed E-state index contributed by atoms with van der Waals surface area (Å²) in [4.78, 5) is 0. The van der Waals surface area contributed by atoms with Crippen molar-refractivity contribution >= 4 is 9.84 Å². The van der Waals surface area contributed by atoms with Crippen LogP contribution in [0.1, 0.15) is 23.3 Å². The molecule has 2 aromatic rings. The van der Waals surface area contributed by atoms with Crippen molar-refractivity contribution < 1.29 is 8.42 Å². The molecule has 3 rings (SSSR count). The SMILES string of the molecule is Cn1cc(C2NCCn3c(CS(C)(=O)=O)nnc32)cn1. The van der Waals surface area contributed by atoms with E-state index in [0.717, 1.165) is 17.9 Å². The highest BCUT2D eigenvalue weighted by Crippen LogP contribution is 2.24. The molecule has 0 aliphatic carbocycles. The van der Waals surface area contributed by atoms with Gasteiger partial charge >= 0.3 is 0 Å². The van der Waals surface area contributed by atoms with E-state index in [2.05, 4.69) is 20.6 Å². The second kappa shape index (κ2) is 4.67. The molecule has 0 radical (unpaired) electrons. The van der Waals surface area contributed by atoms with E-state index in [9.17, 15) is 8.42 Å². The Hall–Kier alpha value is -1.74. The van der Waals surface area contributed by atoms with Crippen molar-refractivity contribution in [1.29, 1.82) is 0 Å². The first-order valence-corrected chi connectivity index (χ1v) is 8.32. The maximum atomic E-state index is 11.4. The van der Waals surface area contributed by atoms with E-state index in [1.54, 1.807) is 10.9 Å². The Morgan fingerprint density at radius 3 is 2.90 bits per heavy atom. The molecule has 2 aromatic heterocycles. The maximum absolute atomic E-state index is 11.4. The molecule has 1 N–H and O–H groups in total. The van der Waals surface area contributed by atoms with Gasteiger partial charge in [-0.1, -0.05) is 0 Å². The highest BCUT2D eigenvalue weighted by Gasteiger charge is 2.27. The summed E-state index contributed by atoms with van der Waals surface area (Å²) in [6, 6.07) is -0.0988. The second-order valence-corrected chi connectivity index (χ2v) is 7.17. The molecule has 0 bridgehead atoms. The molecule has 9 heteroatoms. The van der Waals surface area contributed by atoms with Crippen molar-refractivity contribution in [2.75, 3.05) is 12.8 Å². The molecule has 0 spiro atoms. The van der Waals surface area contributed by atoms with E-state index in [1.165, 1.54) is 6.26 Å². The van der Waals surface area contributed by atoms with Crippen molar-refractivity contribution in [3.63, 3.8) is 0 Å².